The van der Waals surface area contributed by atoms with Crippen LogP contribution in [0.1, 0.15) is 24.1 Å². The van der Waals surface area contributed by atoms with Crippen LogP contribution in [0.25, 0.3) is 6.08 Å². The van der Waals surface area contributed by atoms with Gasteiger partial charge in [0.15, 0.2) is 0 Å². The third-order valence-electron chi connectivity index (χ3n) is 4.78. The number of nitrogens with zero attached hydrogens (tertiary/aromatic N) is 2. The molecule has 124 valence electrons. The van der Waals surface area contributed by atoms with Gasteiger partial charge in [-0.25, -0.2) is 0 Å². The van der Waals surface area contributed by atoms with Crippen molar-refractivity contribution in [3.63, 3.8) is 0 Å². The van der Waals surface area contributed by atoms with E-state index in [1.54, 1.807) is 6.20 Å². The number of ether oxygens (including phenoxy) is 1. The predicted octanol–water partition coefficient (Wildman–Crippen LogP) is 2.67. The third kappa shape index (κ3) is 3.07. The van der Waals surface area contributed by atoms with Crippen LogP contribution < -0.4 is 4.74 Å². The Kier molecular flexibility index (Phi) is 4.07. The summed E-state index contributed by atoms with van der Waals surface area (Å²) >= 11 is 0. The van der Waals surface area contributed by atoms with Gasteiger partial charge >= 0.3 is 0 Å². The number of aromatic nitrogens is 2. The van der Waals surface area contributed by atoms with Crippen molar-refractivity contribution < 1.29 is 9.53 Å². The number of likely N-dealkylation sites (tertiary alicyclic amines) is 1. The van der Waals surface area contributed by atoms with E-state index in [0.717, 1.165) is 54.9 Å². The van der Waals surface area contributed by atoms with E-state index in [4.69, 9.17) is 4.74 Å². The third-order valence-corrected chi connectivity index (χ3v) is 4.78. The zero-order valence-electron chi connectivity index (χ0n) is 13.6. The van der Waals surface area contributed by atoms with Gasteiger partial charge in [-0.2, -0.15) is 5.10 Å². The van der Waals surface area contributed by atoms with Crippen LogP contribution in [-0.4, -0.2) is 40.7 Å². The summed E-state index contributed by atoms with van der Waals surface area (Å²) in [5.74, 6) is 1.45. The first-order chi connectivity index (χ1) is 11.8. The van der Waals surface area contributed by atoms with Gasteiger partial charge in [0.05, 0.1) is 5.57 Å². The van der Waals surface area contributed by atoms with E-state index in [9.17, 15) is 4.79 Å². The Labute approximate surface area is 141 Å². The Hall–Kier alpha value is -2.56. The van der Waals surface area contributed by atoms with Crippen molar-refractivity contribution in [1.29, 1.82) is 0 Å². The summed E-state index contributed by atoms with van der Waals surface area (Å²) in [5, 5.41) is 7.02. The van der Waals surface area contributed by atoms with Gasteiger partial charge in [-0.05, 0) is 43.4 Å². The molecule has 2 aromatic rings. The Morgan fingerprint density at radius 2 is 2.25 bits per heavy atom. The SMILES string of the molecule is O=C(C1=Cc2ccccc2OC1)N1CCCC(Cc2ccn[nH]2)C1. The number of carbonyl (C=O) groups is 1. The number of hydrogen-bond donors (Lipinski definition) is 1. The van der Waals surface area contributed by atoms with Gasteiger partial charge in [0.2, 0.25) is 0 Å². The van der Waals surface area contributed by atoms with Crippen LogP contribution >= 0.6 is 0 Å². The van der Waals surface area contributed by atoms with Gasteiger partial charge in [0.1, 0.15) is 12.4 Å². The monoisotopic (exact) mass is 323 g/mol. The van der Waals surface area contributed by atoms with Crippen LogP contribution in [0.15, 0.2) is 42.1 Å². The highest BCUT2D eigenvalue weighted by atomic mass is 16.5. The van der Waals surface area contributed by atoms with Gasteiger partial charge in [-0.1, -0.05) is 18.2 Å². The fraction of sp³-hybridized carbons (Fsp3) is 0.368. The number of para-hydroxylation sites is 1. The molecular formula is C19H21N3O2. The van der Waals surface area contributed by atoms with Crippen molar-refractivity contribution in [1.82, 2.24) is 15.1 Å². The molecule has 1 aromatic carbocycles. The molecule has 1 N–H and O–H groups in total. The first-order valence-electron chi connectivity index (χ1n) is 8.49. The fourth-order valence-electron chi connectivity index (χ4n) is 3.57. The van der Waals surface area contributed by atoms with E-state index in [0.29, 0.717) is 12.5 Å². The number of amides is 1. The quantitative estimate of drug-likeness (QED) is 0.945. The van der Waals surface area contributed by atoms with E-state index < -0.39 is 0 Å². The lowest BCUT2D eigenvalue weighted by atomic mass is 9.93. The molecule has 1 atom stereocenters. The van der Waals surface area contributed by atoms with Crippen LogP contribution in [0.3, 0.4) is 0 Å². The molecule has 1 saturated heterocycles. The largest absolute Gasteiger partial charge is 0.488 e. The van der Waals surface area contributed by atoms with Crippen molar-refractivity contribution in [3.8, 4) is 5.75 Å². The minimum atomic E-state index is 0.110. The summed E-state index contributed by atoms with van der Waals surface area (Å²) in [6, 6.07) is 9.85. The maximum Gasteiger partial charge on any atom is 0.253 e. The van der Waals surface area contributed by atoms with Gasteiger partial charge in [-0.3, -0.25) is 9.89 Å². The smallest absolute Gasteiger partial charge is 0.253 e. The van der Waals surface area contributed by atoms with Crippen molar-refractivity contribution in [2.75, 3.05) is 19.7 Å². The lowest BCUT2D eigenvalue weighted by Crippen LogP contribution is -2.42. The first-order valence-corrected chi connectivity index (χ1v) is 8.49. The summed E-state index contributed by atoms with van der Waals surface area (Å²) < 4.78 is 5.73. The summed E-state index contributed by atoms with van der Waals surface area (Å²) in [6.45, 7) is 1.99. The highest BCUT2D eigenvalue weighted by molar-refractivity contribution is 5.99. The number of aromatic amines is 1. The molecule has 0 saturated carbocycles. The molecule has 0 aliphatic carbocycles. The predicted molar refractivity (Wildman–Crippen MR) is 91.5 cm³/mol. The Morgan fingerprint density at radius 3 is 3.12 bits per heavy atom. The molecule has 0 bridgehead atoms. The number of carbonyl (C=O) groups excluding carboxylic acids is 1. The molecule has 5 nitrogen and oxygen atoms in total. The number of nitrogens with one attached hydrogen (secondary N) is 1. The molecule has 1 amide bonds. The molecular weight excluding hydrogens is 302 g/mol. The van der Waals surface area contributed by atoms with Crippen molar-refractivity contribution in [3.05, 3.63) is 53.4 Å². The van der Waals surface area contributed by atoms with Gasteiger partial charge < -0.3 is 9.64 Å². The number of hydrogen-bond acceptors (Lipinski definition) is 3. The van der Waals surface area contributed by atoms with Gasteiger partial charge in [0.25, 0.3) is 5.91 Å². The fourth-order valence-corrected chi connectivity index (χ4v) is 3.57. The average molecular weight is 323 g/mol. The van der Waals surface area contributed by atoms with E-state index >= 15 is 0 Å². The van der Waals surface area contributed by atoms with Crippen molar-refractivity contribution >= 4 is 12.0 Å². The molecule has 1 unspecified atom stereocenters. The van der Waals surface area contributed by atoms with Gasteiger partial charge in [-0.15, -0.1) is 0 Å². The van der Waals surface area contributed by atoms with Crippen LogP contribution in [0.2, 0.25) is 0 Å². The molecule has 24 heavy (non-hydrogen) atoms. The molecule has 2 aliphatic heterocycles. The zero-order chi connectivity index (χ0) is 16.4. The first kappa shape index (κ1) is 15.0. The van der Waals surface area contributed by atoms with Crippen LogP contribution in [-0.2, 0) is 11.2 Å². The standard InChI is InChI=1S/C19H21N3O2/c23-19(16-11-15-5-1-2-6-18(15)24-13-16)22-9-3-4-14(12-22)10-17-7-8-20-21-17/h1-2,5-8,11,14H,3-4,9-10,12-13H2,(H,20,21). The number of rotatable bonds is 3. The highest BCUT2D eigenvalue weighted by Crippen LogP contribution is 2.28. The topological polar surface area (TPSA) is 58.2 Å². The number of H-pyrrole nitrogens is 1. The molecule has 5 heteroatoms. The van der Waals surface area contributed by atoms with Crippen molar-refractivity contribution in [2.45, 2.75) is 19.3 Å². The lowest BCUT2D eigenvalue weighted by molar-refractivity contribution is -0.129. The molecule has 4 rings (SSSR count). The molecule has 2 aliphatic rings. The maximum absolute atomic E-state index is 12.9. The summed E-state index contributed by atoms with van der Waals surface area (Å²) in [7, 11) is 0. The molecule has 0 spiro atoms. The molecule has 0 radical (unpaired) electrons. The minimum Gasteiger partial charge on any atom is -0.488 e. The van der Waals surface area contributed by atoms with Crippen molar-refractivity contribution in [2.24, 2.45) is 5.92 Å². The Balaban J connectivity index is 1.45. The van der Waals surface area contributed by atoms with Crippen LogP contribution in [0, 0.1) is 5.92 Å². The molecule has 1 aromatic heterocycles. The maximum atomic E-state index is 12.9. The highest BCUT2D eigenvalue weighted by Gasteiger charge is 2.27. The van der Waals surface area contributed by atoms with Crippen LogP contribution in [0.5, 0.6) is 5.75 Å². The summed E-state index contributed by atoms with van der Waals surface area (Å²) in [5.41, 5.74) is 2.87. The summed E-state index contributed by atoms with van der Waals surface area (Å²) in [6.07, 6.45) is 6.90. The second-order valence-electron chi connectivity index (χ2n) is 6.54. The minimum absolute atomic E-state index is 0.110. The van der Waals surface area contributed by atoms with E-state index in [2.05, 4.69) is 10.2 Å². The number of fused-ring (bicyclic) bond motifs is 1. The lowest BCUT2D eigenvalue weighted by Gasteiger charge is -2.33. The Bertz CT molecular complexity index is 752. The van der Waals surface area contributed by atoms with Crippen LogP contribution in [0.4, 0.5) is 0 Å². The molecule has 3 heterocycles. The molecule has 1 fully saturated rings. The zero-order valence-corrected chi connectivity index (χ0v) is 13.6. The normalized spacial score (nSPS) is 20.1. The number of benzene rings is 1. The van der Waals surface area contributed by atoms with Gasteiger partial charge in [0, 0.05) is 30.5 Å². The van der Waals surface area contributed by atoms with E-state index in [-0.39, 0.29) is 5.91 Å². The second-order valence-corrected chi connectivity index (χ2v) is 6.54. The second kappa shape index (κ2) is 6.51. The number of piperidine rings is 1. The summed E-state index contributed by atoms with van der Waals surface area (Å²) in [4.78, 5) is 14.8. The van der Waals surface area contributed by atoms with E-state index in [1.165, 1.54) is 0 Å². The average Bonchev–Trinajstić information content (AvgIpc) is 3.14. The van der Waals surface area contributed by atoms with E-state index in [1.807, 2.05) is 41.3 Å². The Morgan fingerprint density at radius 1 is 1.33 bits per heavy atom.